The average molecular weight is 365 g/mol. The highest BCUT2D eigenvalue weighted by molar-refractivity contribution is 6.35. The van der Waals surface area contributed by atoms with Gasteiger partial charge >= 0.3 is 0 Å². The first-order valence-electron chi connectivity index (χ1n) is 8.97. The maximum Gasteiger partial charge on any atom is 0.228 e. The second-order valence-electron chi connectivity index (χ2n) is 7.32. The Morgan fingerprint density at radius 3 is 2.85 bits per heavy atom. The van der Waals surface area contributed by atoms with Gasteiger partial charge in [-0.1, -0.05) is 55.8 Å². The number of halogens is 1. The van der Waals surface area contributed by atoms with Crippen molar-refractivity contribution in [3.8, 4) is 0 Å². The molecular weight excluding hydrogens is 344 g/mol. The van der Waals surface area contributed by atoms with Crippen molar-refractivity contribution in [2.75, 3.05) is 5.32 Å². The number of anilines is 1. The quantitative estimate of drug-likeness (QED) is 0.640. The molecule has 2 aromatic carbocycles. The van der Waals surface area contributed by atoms with Crippen molar-refractivity contribution in [2.24, 2.45) is 5.92 Å². The van der Waals surface area contributed by atoms with Crippen molar-refractivity contribution >= 4 is 34.0 Å². The first-order chi connectivity index (χ1) is 12.5. The molecule has 1 N–H and O–H groups in total. The van der Waals surface area contributed by atoms with Crippen LogP contribution in [0.3, 0.4) is 0 Å². The molecule has 4 heteroatoms. The van der Waals surface area contributed by atoms with Gasteiger partial charge in [0.05, 0.1) is 5.02 Å². The van der Waals surface area contributed by atoms with Gasteiger partial charge in [-0.25, -0.2) is 0 Å². The third-order valence-corrected chi connectivity index (χ3v) is 5.41. The van der Waals surface area contributed by atoms with Gasteiger partial charge in [-0.05, 0) is 41.5 Å². The van der Waals surface area contributed by atoms with E-state index >= 15 is 0 Å². The smallest absolute Gasteiger partial charge is 0.228 e. The summed E-state index contributed by atoms with van der Waals surface area (Å²) in [4.78, 5) is 16.7. The maximum atomic E-state index is 12.6. The van der Waals surface area contributed by atoms with Crippen LogP contribution in [-0.4, -0.2) is 10.9 Å². The minimum absolute atomic E-state index is 0.0426. The predicted molar refractivity (Wildman–Crippen MR) is 107 cm³/mol. The predicted octanol–water partition coefficient (Wildman–Crippen LogP) is 5.75. The monoisotopic (exact) mass is 364 g/mol. The van der Waals surface area contributed by atoms with Crippen molar-refractivity contribution in [1.82, 2.24) is 4.98 Å². The maximum absolute atomic E-state index is 12.6. The zero-order chi connectivity index (χ0) is 18.3. The molecule has 0 unspecified atom stereocenters. The van der Waals surface area contributed by atoms with Gasteiger partial charge in [-0.2, -0.15) is 0 Å². The van der Waals surface area contributed by atoms with Crippen LogP contribution in [0.15, 0.2) is 54.9 Å². The lowest BCUT2D eigenvalue weighted by atomic mass is 9.98. The molecule has 1 aliphatic carbocycles. The van der Waals surface area contributed by atoms with E-state index in [1.54, 1.807) is 12.4 Å². The molecule has 3 nitrogen and oxygen atoms in total. The molecule has 1 heterocycles. The van der Waals surface area contributed by atoms with Gasteiger partial charge in [0.2, 0.25) is 5.91 Å². The third kappa shape index (κ3) is 3.32. The Bertz CT molecular complexity index is 983. The highest BCUT2D eigenvalue weighted by Crippen LogP contribution is 2.48. The van der Waals surface area contributed by atoms with E-state index in [-0.39, 0.29) is 11.8 Å². The summed E-state index contributed by atoms with van der Waals surface area (Å²) in [7, 11) is 0. The van der Waals surface area contributed by atoms with E-state index in [4.69, 9.17) is 11.6 Å². The number of hydrogen-bond donors (Lipinski definition) is 1. The fraction of sp³-hybridized carbons (Fsp3) is 0.273. The second-order valence-corrected chi connectivity index (χ2v) is 7.73. The number of rotatable bonds is 4. The fourth-order valence-electron chi connectivity index (χ4n) is 3.44. The summed E-state index contributed by atoms with van der Waals surface area (Å²) in [5, 5.41) is 5.50. The molecule has 1 fully saturated rings. The average Bonchev–Trinajstić information content (AvgIpc) is 3.43. The molecule has 1 aromatic heterocycles. The molecule has 132 valence electrons. The molecule has 1 aliphatic rings. The first-order valence-corrected chi connectivity index (χ1v) is 9.34. The summed E-state index contributed by atoms with van der Waals surface area (Å²) >= 11 is 6.21. The molecule has 2 atom stereocenters. The van der Waals surface area contributed by atoms with Gasteiger partial charge in [-0.15, -0.1) is 0 Å². The first kappa shape index (κ1) is 17.0. The molecule has 0 radical (unpaired) electrons. The molecule has 1 amide bonds. The Morgan fingerprint density at radius 2 is 2.04 bits per heavy atom. The highest BCUT2D eigenvalue weighted by atomic mass is 35.5. The van der Waals surface area contributed by atoms with Crippen LogP contribution in [0.5, 0.6) is 0 Å². The standard InChI is InChI=1S/C22H21ClN2O/c1-13(2)14-4-3-5-15(8-14)18-10-20(18)22(26)25-17-7-6-16-11-24-12-21(23)19(16)9-17/h3-9,11-13,18,20H,10H2,1-2H3,(H,25,26)/t18-,20+/m0/s1. The molecule has 0 bridgehead atoms. The van der Waals surface area contributed by atoms with Crippen molar-refractivity contribution < 1.29 is 4.79 Å². The topological polar surface area (TPSA) is 42.0 Å². The van der Waals surface area contributed by atoms with E-state index in [2.05, 4.69) is 48.4 Å². The van der Waals surface area contributed by atoms with E-state index in [9.17, 15) is 4.79 Å². The SMILES string of the molecule is CC(C)c1cccc([C@@H]2C[C@H]2C(=O)Nc2ccc3cncc(Cl)c3c2)c1. The molecule has 4 rings (SSSR count). The highest BCUT2D eigenvalue weighted by Gasteiger charge is 2.44. The van der Waals surface area contributed by atoms with E-state index < -0.39 is 0 Å². The molecule has 0 spiro atoms. The molecule has 3 aromatic rings. The van der Waals surface area contributed by atoms with Gasteiger partial charge in [0.1, 0.15) is 0 Å². The Kier molecular flexibility index (Phi) is 4.41. The zero-order valence-electron chi connectivity index (χ0n) is 14.9. The lowest BCUT2D eigenvalue weighted by molar-refractivity contribution is -0.117. The summed E-state index contributed by atoms with van der Waals surface area (Å²) < 4.78 is 0. The van der Waals surface area contributed by atoms with E-state index in [0.29, 0.717) is 16.9 Å². The largest absolute Gasteiger partial charge is 0.326 e. The molecule has 1 saturated carbocycles. The number of aromatic nitrogens is 1. The Hall–Kier alpha value is -2.39. The normalized spacial score (nSPS) is 18.9. The van der Waals surface area contributed by atoms with Crippen LogP contribution in [0.4, 0.5) is 5.69 Å². The van der Waals surface area contributed by atoms with Crippen LogP contribution in [-0.2, 0) is 4.79 Å². The van der Waals surface area contributed by atoms with Crippen LogP contribution in [0, 0.1) is 5.92 Å². The number of amides is 1. The summed E-state index contributed by atoms with van der Waals surface area (Å²) in [5.41, 5.74) is 3.37. The van der Waals surface area contributed by atoms with Crippen molar-refractivity contribution in [2.45, 2.75) is 32.1 Å². The van der Waals surface area contributed by atoms with Crippen LogP contribution in [0.1, 0.15) is 43.2 Å². The fourth-order valence-corrected chi connectivity index (χ4v) is 3.66. The van der Waals surface area contributed by atoms with Crippen LogP contribution in [0.2, 0.25) is 5.02 Å². The van der Waals surface area contributed by atoms with Crippen LogP contribution < -0.4 is 5.32 Å². The second kappa shape index (κ2) is 6.73. The molecule has 0 saturated heterocycles. The zero-order valence-corrected chi connectivity index (χ0v) is 15.6. The summed E-state index contributed by atoms with van der Waals surface area (Å²) in [6, 6.07) is 14.4. The van der Waals surface area contributed by atoms with Crippen LogP contribution >= 0.6 is 11.6 Å². The van der Waals surface area contributed by atoms with Gasteiger partial charge in [-0.3, -0.25) is 9.78 Å². The number of nitrogens with zero attached hydrogens (tertiary/aromatic N) is 1. The lowest BCUT2D eigenvalue weighted by Gasteiger charge is -2.09. The Morgan fingerprint density at radius 1 is 1.19 bits per heavy atom. The van der Waals surface area contributed by atoms with Crippen molar-refractivity contribution in [3.63, 3.8) is 0 Å². The number of hydrogen-bond acceptors (Lipinski definition) is 2. The van der Waals surface area contributed by atoms with Gasteiger partial charge in [0, 0.05) is 34.8 Å². The number of nitrogens with one attached hydrogen (secondary N) is 1. The van der Waals surface area contributed by atoms with E-state index in [1.165, 1.54) is 11.1 Å². The lowest BCUT2D eigenvalue weighted by Crippen LogP contribution is -2.14. The molecule has 0 aliphatic heterocycles. The summed E-state index contributed by atoms with van der Waals surface area (Å²) in [6.45, 7) is 4.38. The van der Waals surface area contributed by atoms with E-state index in [1.807, 2.05) is 18.2 Å². The van der Waals surface area contributed by atoms with E-state index in [0.717, 1.165) is 22.9 Å². The minimum atomic E-state index is 0.0426. The number of fused-ring (bicyclic) bond motifs is 1. The van der Waals surface area contributed by atoms with Crippen molar-refractivity contribution in [1.29, 1.82) is 0 Å². The number of pyridine rings is 1. The Balaban J connectivity index is 1.48. The minimum Gasteiger partial charge on any atom is -0.326 e. The number of carbonyl (C=O) groups is 1. The summed E-state index contributed by atoms with van der Waals surface area (Å²) in [5.74, 6) is 0.940. The van der Waals surface area contributed by atoms with Gasteiger partial charge < -0.3 is 5.32 Å². The number of carbonyl (C=O) groups excluding carboxylic acids is 1. The van der Waals surface area contributed by atoms with Crippen molar-refractivity contribution in [3.05, 3.63) is 71.0 Å². The van der Waals surface area contributed by atoms with Gasteiger partial charge in [0.15, 0.2) is 0 Å². The van der Waals surface area contributed by atoms with Crippen LogP contribution in [0.25, 0.3) is 10.8 Å². The molecular formula is C22H21ClN2O. The third-order valence-electron chi connectivity index (χ3n) is 5.11. The number of benzene rings is 2. The van der Waals surface area contributed by atoms with Gasteiger partial charge in [0.25, 0.3) is 0 Å². The summed E-state index contributed by atoms with van der Waals surface area (Å²) in [6.07, 6.45) is 4.30. The Labute approximate surface area is 158 Å². The molecule has 26 heavy (non-hydrogen) atoms.